The minimum atomic E-state index is -2.09. The van der Waals surface area contributed by atoms with Crippen molar-refractivity contribution in [1.82, 2.24) is 9.97 Å². The van der Waals surface area contributed by atoms with E-state index < -0.39 is 6.85 Å². The number of hydrogen-bond donors (Lipinski definition) is 0. The average Bonchev–Trinajstić information content (AvgIpc) is 3.47. The van der Waals surface area contributed by atoms with Gasteiger partial charge in [0.25, 0.3) is 0 Å². The second kappa shape index (κ2) is 12.5. The van der Waals surface area contributed by atoms with Crippen LogP contribution in [-0.2, 0) is 20.1 Å². The number of aromatic nitrogens is 2. The Morgan fingerprint density at radius 3 is 2.36 bits per heavy atom. The number of fused-ring (bicyclic) bond motifs is 6. The zero-order chi connectivity index (χ0) is 31.8. The number of para-hydroxylation sites is 2. The molecule has 0 spiro atoms. The molecule has 5 nitrogen and oxygen atoms in total. The second-order valence-corrected chi connectivity index (χ2v) is 10.5. The predicted octanol–water partition coefficient (Wildman–Crippen LogP) is 10.3. The number of hydrogen-bond acceptors (Lipinski definition) is 5. The molecule has 0 fully saturated rings. The van der Waals surface area contributed by atoms with Gasteiger partial charge in [0.15, 0.2) is 23.0 Å². The molecule has 7 aromatic rings. The van der Waals surface area contributed by atoms with E-state index in [1.54, 1.807) is 18.2 Å². The van der Waals surface area contributed by atoms with Crippen molar-refractivity contribution >= 4 is 21.9 Å². The van der Waals surface area contributed by atoms with Gasteiger partial charge in [-0.3, -0.25) is 0 Å². The molecular formula is C38H28IrN2O3-2. The van der Waals surface area contributed by atoms with E-state index in [0.717, 1.165) is 44.5 Å². The first kappa shape index (κ1) is 25.7. The molecule has 1 aliphatic rings. The van der Waals surface area contributed by atoms with Crippen molar-refractivity contribution in [1.29, 1.82) is 0 Å². The van der Waals surface area contributed by atoms with E-state index in [1.807, 2.05) is 79.0 Å². The Kier molecular flexibility index (Phi) is 7.27. The molecule has 219 valence electrons. The van der Waals surface area contributed by atoms with Crippen LogP contribution in [0.1, 0.15) is 35.0 Å². The number of pyridine rings is 2. The average molecular weight is 756 g/mol. The van der Waals surface area contributed by atoms with Crippen LogP contribution in [0.25, 0.3) is 44.5 Å². The molecule has 0 unspecified atom stereocenters. The summed E-state index contributed by atoms with van der Waals surface area (Å²) in [5, 5.41) is 1.85. The van der Waals surface area contributed by atoms with Crippen LogP contribution >= 0.6 is 0 Å². The molecule has 0 atom stereocenters. The molecule has 4 heterocycles. The Bertz CT molecular complexity index is 2180. The van der Waals surface area contributed by atoms with Crippen molar-refractivity contribution in [3.05, 3.63) is 133 Å². The molecule has 0 amide bonds. The van der Waals surface area contributed by atoms with Crippen molar-refractivity contribution in [3.8, 4) is 45.5 Å². The summed E-state index contributed by atoms with van der Waals surface area (Å²) in [5.41, 5.74) is 6.26. The quantitative estimate of drug-likeness (QED) is 0.168. The normalized spacial score (nSPS) is 12.8. The molecule has 0 saturated heterocycles. The smallest absolute Gasteiger partial charge is 0.180 e. The fourth-order valence-electron chi connectivity index (χ4n) is 5.05. The molecule has 0 aliphatic carbocycles. The van der Waals surface area contributed by atoms with Crippen LogP contribution in [0.15, 0.2) is 114 Å². The Morgan fingerprint density at radius 2 is 1.61 bits per heavy atom. The summed E-state index contributed by atoms with van der Waals surface area (Å²) in [6.07, 6.45) is 3.24. The molecule has 8 rings (SSSR count). The first-order valence-electron chi connectivity index (χ1n) is 15.5. The van der Waals surface area contributed by atoms with Gasteiger partial charge in [-0.1, -0.05) is 60.7 Å². The molecule has 0 saturated carbocycles. The zero-order valence-electron chi connectivity index (χ0n) is 26.9. The maximum absolute atomic E-state index is 7.23. The summed E-state index contributed by atoms with van der Waals surface area (Å²) in [7, 11) is 0. The predicted molar refractivity (Wildman–Crippen MR) is 170 cm³/mol. The summed E-state index contributed by atoms with van der Waals surface area (Å²) < 4.78 is 40.3. The van der Waals surface area contributed by atoms with Crippen LogP contribution < -0.4 is 9.47 Å². The topological polar surface area (TPSA) is 57.4 Å². The van der Waals surface area contributed by atoms with Crippen LogP contribution in [-0.4, -0.2) is 9.97 Å². The first-order chi connectivity index (χ1) is 22.3. The van der Waals surface area contributed by atoms with E-state index in [4.69, 9.17) is 18.0 Å². The molecule has 0 N–H and O–H groups in total. The molecule has 1 aliphatic heterocycles. The maximum atomic E-state index is 7.23. The minimum Gasteiger partial charge on any atom is -0.500 e. The van der Waals surface area contributed by atoms with E-state index in [9.17, 15) is 0 Å². The van der Waals surface area contributed by atoms with Gasteiger partial charge in [0.1, 0.15) is 5.58 Å². The van der Waals surface area contributed by atoms with Crippen LogP contribution in [0.3, 0.4) is 0 Å². The maximum Gasteiger partial charge on any atom is 0.180 e. The van der Waals surface area contributed by atoms with Crippen molar-refractivity contribution in [2.75, 3.05) is 0 Å². The standard InChI is InChI=1S/C26H18NO3.C12H10N.Ir/c1-15(2)16-12-13-27-19(14-16)17-6-5-7-18-24-22(30-25(17)18)10-11-23-26(24)29-21-9-4-3-8-20(21)28-23;1-10-7-8-12(13-9-10)11-5-3-2-4-6-11;/h3-5,7-15H,1-2H3;2-5,7-9H,1H3;/q2*-1;/i;1D3;. The number of furan rings is 1. The van der Waals surface area contributed by atoms with E-state index in [1.165, 1.54) is 11.8 Å². The van der Waals surface area contributed by atoms with Gasteiger partial charge >= 0.3 is 0 Å². The number of aryl methyl sites for hydroxylation is 1. The van der Waals surface area contributed by atoms with Gasteiger partial charge in [0.05, 0.1) is 11.0 Å². The summed E-state index contributed by atoms with van der Waals surface area (Å²) in [6, 6.07) is 36.6. The van der Waals surface area contributed by atoms with E-state index in [-0.39, 0.29) is 25.7 Å². The summed E-state index contributed by atoms with van der Waals surface area (Å²) in [6.45, 7) is 2.25. The Labute approximate surface area is 274 Å². The van der Waals surface area contributed by atoms with Gasteiger partial charge in [-0.15, -0.1) is 54.1 Å². The van der Waals surface area contributed by atoms with Gasteiger partial charge in [-0.2, -0.15) is 0 Å². The van der Waals surface area contributed by atoms with Crippen LogP contribution in [0.5, 0.6) is 23.0 Å². The molecule has 1 radical (unpaired) electrons. The number of rotatable bonds is 3. The van der Waals surface area contributed by atoms with Crippen molar-refractivity contribution in [2.45, 2.75) is 26.6 Å². The molecule has 3 aromatic heterocycles. The second-order valence-electron chi connectivity index (χ2n) is 10.5. The van der Waals surface area contributed by atoms with E-state index in [2.05, 4.69) is 42.0 Å². The Morgan fingerprint density at radius 1 is 0.773 bits per heavy atom. The van der Waals surface area contributed by atoms with Gasteiger partial charge in [-0.25, -0.2) is 0 Å². The van der Waals surface area contributed by atoms with Gasteiger partial charge in [0.2, 0.25) is 0 Å². The summed E-state index contributed by atoms with van der Waals surface area (Å²) in [5.74, 6) is 3.17. The van der Waals surface area contributed by atoms with Gasteiger partial charge in [0, 0.05) is 36.6 Å². The number of benzene rings is 4. The first-order valence-corrected chi connectivity index (χ1v) is 14.0. The van der Waals surface area contributed by atoms with Crippen molar-refractivity contribution in [3.63, 3.8) is 0 Å². The van der Waals surface area contributed by atoms with E-state index >= 15 is 0 Å². The molecule has 6 heteroatoms. The summed E-state index contributed by atoms with van der Waals surface area (Å²) >= 11 is 0. The molecule has 0 bridgehead atoms. The SMILES string of the molecule is CC(C)c1ccnc(-c2[c-]ccc3c2oc2ccc4c(c23)Oc2ccccc2O4)c1.[2H]C([2H])([2H])c1ccc(-c2[c-]cccc2)nc1.[Ir]. The van der Waals surface area contributed by atoms with Crippen LogP contribution in [0.2, 0.25) is 0 Å². The minimum absolute atomic E-state index is 0. The largest absolute Gasteiger partial charge is 0.500 e. The third-order valence-electron chi connectivity index (χ3n) is 7.25. The zero-order valence-corrected chi connectivity index (χ0v) is 26.3. The van der Waals surface area contributed by atoms with Crippen LogP contribution in [0, 0.1) is 19.0 Å². The Hall–Kier alpha value is -4.77. The van der Waals surface area contributed by atoms with Gasteiger partial charge < -0.3 is 23.9 Å². The Balaban J connectivity index is 0.000000194. The fourth-order valence-corrected chi connectivity index (χ4v) is 5.05. The summed E-state index contributed by atoms with van der Waals surface area (Å²) in [4.78, 5) is 8.71. The van der Waals surface area contributed by atoms with Crippen molar-refractivity contribution in [2.24, 2.45) is 0 Å². The van der Waals surface area contributed by atoms with Gasteiger partial charge in [-0.05, 0) is 60.1 Å². The number of nitrogens with zero attached hydrogens (tertiary/aromatic N) is 2. The molecule has 4 aromatic carbocycles. The monoisotopic (exact) mass is 756 g/mol. The fraction of sp³-hybridized carbons (Fsp3) is 0.105. The van der Waals surface area contributed by atoms with Crippen molar-refractivity contribution < 1.29 is 38.1 Å². The van der Waals surface area contributed by atoms with Crippen LogP contribution in [0.4, 0.5) is 0 Å². The molecular weight excluding hydrogens is 725 g/mol. The van der Waals surface area contributed by atoms with E-state index in [0.29, 0.717) is 28.9 Å². The molecule has 44 heavy (non-hydrogen) atoms. The number of ether oxygens (including phenoxy) is 2. The third kappa shape index (κ3) is 5.62. The third-order valence-corrected chi connectivity index (χ3v) is 7.25.